The van der Waals surface area contributed by atoms with E-state index >= 15 is 0 Å². The summed E-state index contributed by atoms with van der Waals surface area (Å²) in [6, 6.07) is 29.1. The summed E-state index contributed by atoms with van der Waals surface area (Å²) in [7, 11) is -4.20. The Morgan fingerprint density at radius 2 is 1.42 bits per heavy atom. The first kappa shape index (κ1) is 33.7. The van der Waals surface area contributed by atoms with Crippen LogP contribution in [0.1, 0.15) is 42.5 Å². The molecule has 0 aliphatic carbocycles. The topological polar surface area (TPSA) is 86.8 Å². The molecule has 2 atom stereocenters. The number of anilines is 1. The van der Waals surface area contributed by atoms with Crippen molar-refractivity contribution >= 4 is 39.1 Å². The Kier molecular flexibility index (Phi) is 11.4. The van der Waals surface area contributed by atoms with Crippen LogP contribution in [-0.4, -0.2) is 43.8 Å². The Labute approximate surface area is 271 Å². The number of para-hydroxylation sites is 1. The highest BCUT2D eigenvalue weighted by Gasteiger charge is 2.35. The predicted octanol–water partition coefficient (Wildman–Crippen LogP) is 6.71. The zero-order valence-corrected chi connectivity index (χ0v) is 27.7. The maximum atomic E-state index is 14.6. The number of nitrogens with one attached hydrogen (secondary N) is 1. The molecule has 0 spiro atoms. The molecule has 4 aromatic rings. The van der Waals surface area contributed by atoms with E-state index in [9.17, 15) is 18.0 Å². The minimum Gasteiger partial charge on any atom is -0.352 e. The molecule has 7 nitrogen and oxygen atoms in total. The van der Waals surface area contributed by atoms with Gasteiger partial charge in [-0.1, -0.05) is 91.3 Å². The van der Waals surface area contributed by atoms with Gasteiger partial charge in [-0.2, -0.15) is 0 Å². The van der Waals surface area contributed by atoms with Crippen molar-refractivity contribution in [2.75, 3.05) is 10.8 Å². The zero-order valence-electron chi connectivity index (χ0n) is 26.1. The number of sulfonamides is 1. The molecule has 0 saturated carbocycles. The molecule has 0 bridgehead atoms. The number of hydrogen-bond donors (Lipinski definition) is 1. The van der Waals surface area contributed by atoms with E-state index in [0.29, 0.717) is 16.3 Å². The van der Waals surface area contributed by atoms with Gasteiger partial charge in [-0.15, -0.1) is 0 Å². The normalized spacial score (nSPS) is 12.6. The second-order valence-corrected chi connectivity index (χ2v) is 13.5. The van der Waals surface area contributed by atoms with Crippen LogP contribution in [0, 0.1) is 13.8 Å². The van der Waals surface area contributed by atoms with Gasteiger partial charge in [-0.25, -0.2) is 8.42 Å². The summed E-state index contributed by atoms with van der Waals surface area (Å²) in [5.74, 6) is -0.794. The maximum Gasteiger partial charge on any atom is 0.264 e. The van der Waals surface area contributed by atoms with Gasteiger partial charge in [0.1, 0.15) is 12.6 Å². The van der Waals surface area contributed by atoms with Gasteiger partial charge in [0.05, 0.1) is 10.6 Å². The third kappa shape index (κ3) is 8.53. The van der Waals surface area contributed by atoms with E-state index in [-0.39, 0.29) is 29.8 Å². The van der Waals surface area contributed by atoms with Crippen molar-refractivity contribution < 1.29 is 18.0 Å². The van der Waals surface area contributed by atoms with Crippen LogP contribution in [0.15, 0.2) is 108 Å². The highest BCUT2D eigenvalue weighted by Crippen LogP contribution is 2.28. The van der Waals surface area contributed by atoms with Gasteiger partial charge < -0.3 is 10.2 Å². The van der Waals surface area contributed by atoms with Crippen LogP contribution in [0.5, 0.6) is 0 Å². The van der Waals surface area contributed by atoms with Crippen LogP contribution in [0.25, 0.3) is 0 Å². The van der Waals surface area contributed by atoms with Crippen LogP contribution in [0.4, 0.5) is 5.69 Å². The smallest absolute Gasteiger partial charge is 0.264 e. The minimum atomic E-state index is -4.20. The Morgan fingerprint density at radius 3 is 2.04 bits per heavy atom. The Balaban J connectivity index is 1.83. The third-order valence-corrected chi connectivity index (χ3v) is 9.96. The summed E-state index contributed by atoms with van der Waals surface area (Å²) < 4.78 is 29.5. The molecule has 0 fully saturated rings. The maximum absolute atomic E-state index is 14.6. The van der Waals surface area contributed by atoms with E-state index < -0.39 is 28.5 Å². The van der Waals surface area contributed by atoms with Crippen molar-refractivity contribution in [1.82, 2.24) is 10.2 Å². The molecule has 45 heavy (non-hydrogen) atoms. The summed E-state index contributed by atoms with van der Waals surface area (Å²) in [4.78, 5) is 30.1. The van der Waals surface area contributed by atoms with Crippen molar-refractivity contribution in [3.8, 4) is 0 Å². The first-order valence-corrected chi connectivity index (χ1v) is 16.8. The van der Waals surface area contributed by atoms with Gasteiger partial charge >= 0.3 is 0 Å². The summed E-state index contributed by atoms with van der Waals surface area (Å²) in [6.07, 6.45) is 0.977. The molecule has 4 aromatic carbocycles. The number of carbonyl (C=O) groups is 2. The lowest BCUT2D eigenvalue weighted by Crippen LogP contribution is -2.54. The first-order valence-electron chi connectivity index (χ1n) is 15.0. The molecule has 0 aliphatic rings. The van der Waals surface area contributed by atoms with Crippen molar-refractivity contribution in [3.05, 3.63) is 130 Å². The van der Waals surface area contributed by atoms with Crippen LogP contribution in [0.2, 0.25) is 5.02 Å². The van der Waals surface area contributed by atoms with Crippen LogP contribution >= 0.6 is 11.6 Å². The number of nitrogens with zero attached hydrogens (tertiary/aromatic N) is 2. The fourth-order valence-corrected chi connectivity index (χ4v) is 6.66. The summed E-state index contributed by atoms with van der Waals surface area (Å²) in [6.45, 7) is 7.27. The molecule has 2 amide bonds. The monoisotopic (exact) mass is 645 g/mol. The molecule has 9 heteroatoms. The average Bonchev–Trinajstić information content (AvgIpc) is 3.03. The molecule has 0 heterocycles. The summed E-state index contributed by atoms with van der Waals surface area (Å²) in [5, 5.41) is 3.46. The standard InChI is InChI=1S/C36H40ClN3O4S/c1-5-28(4)38-36(42)34(23-29-15-7-6-8-16-29)39(24-30-17-11-9-13-26(30)2)35(41)25-40(33-18-12-10-14-27(33)3)45(43,44)32-21-19-31(37)20-22-32/h6-22,28,34H,5,23-25H2,1-4H3,(H,38,42)/t28-,34-/m0/s1. The largest absolute Gasteiger partial charge is 0.352 e. The van der Waals surface area contributed by atoms with E-state index in [1.54, 1.807) is 25.1 Å². The fraction of sp³-hybridized carbons (Fsp3) is 0.278. The van der Waals surface area contributed by atoms with Crippen LogP contribution in [-0.2, 0) is 32.6 Å². The van der Waals surface area contributed by atoms with E-state index in [4.69, 9.17) is 11.6 Å². The van der Waals surface area contributed by atoms with Crippen molar-refractivity contribution in [3.63, 3.8) is 0 Å². The minimum absolute atomic E-state index is 0.00348. The summed E-state index contributed by atoms with van der Waals surface area (Å²) >= 11 is 6.07. The van der Waals surface area contributed by atoms with Gasteiger partial charge in [0.15, 0.2) is 0 Å². The highest BCUT2D eigenvalue weighted by molar-refractivity contribution is 7.92. The zero-order chi connectivity index (χ0) is 32.6. The molecular formula is C36H40ClN3O4S. The molecular weight excluding hydrogens is 606 g/mol. The Hall–Kier alpha value is -4.14. The second-order valence-electron chi connectivity index (χ2n) is 11.2. The molecule has 0 saturated heterocycles. The number of halogens is 1. The van der Waals surface area contributed by atoms with E-state index in [2.05, 4.69) is 5.32 Å². The lowest BCUT2D eigenvalue weighted by Gasteiger charge is -2.35. The van der Waals surface area contributed by atoms with Crippen molar-refractivity contribution in [2.24, 2.45) is 0 Å². The third-order valence-electron chi connectivity index (χ3n) is 7.94. The fourth-order valence-electron chi connectivity index (χ4n) is 5.06. The number of hydrogen-bond acceptors (Lipinski definition) is 4. The predicted molar refractivity (Wildman–Crippen MR) is 181 cm³/mol. The lowest BCUT2D eigenvalue weighted by atomic mass is 10.0. The van der Waals surface area contributed by atoms with E-state index in [1.807, 2.05) is 81.4 Å². The Bertz CT molecular complexity index is 1710. The van der Waals surface area contributed by atoms with Gasteiger partial charge in [0.25, 0.3) is 10.0 Å². The van der Waals surface area contributed by atoms with Gasteiger partial charge in [-0.3, -0.25) is 13.9 Å². The van der Waals surface area contributed by atoms with E-state index in [1.165, 1.54) is 29.2 Å². The number of rotatable bonds is 13. The van der Waals surface area contributed by atoms with Crippen molar-refractivity contribution in [1.29, 1.82) is 0 Å². The lowest BCUT2D eigenvalue weighted by molar-refractivity contribution is -0.140. The average molecular weight is 646 g/mol. The molecule has 236 valence electrons. The molecule has 0 unspecified atom stereocenters. The number of benzene rings is 4. The Morgan fingerprint density at radius 1 is 0.822 bits per heavy atom. The van der Waals surface area contributed by atoms with Gasteiger partial charge in [0.2, 0.25) is 11.8 Å². The quantitative estimate of drug-likeness (QED) is 0.175. The second kappa shape index (κ2) is 15.2. The van der Waals surface area contributed by atoms with Crippen molar-refractivity contribution in [2.45, 2.75) is 64.1 Å². The molecule has 4 rings (SSSR count). The first-order chi connectivity index (χ1) is 21.5. The molecule has 1 N–H and O–H groups in total. The molecule has 0 aliphatic heterocycles. The highest BCUT2D eigenvalue weighted by atomic mass is 35.5. The molecule has 0 aromatic heterocycles. The van der Waals surface area contributed by atoms with Gasteiger partial charge in [-0.05, 0) is 79.8 Å². The van der Waals surface area contributed by atoms with E-state index in [0.717, 1.165) is 27.4 Å². The number of carbonyl (C=O) groups excluding carboxylic acids is 2. The number of aryl methyl sites for hydroxylation is 2. The SMILES string of the molecule is CC[C@H](C)NC(=O)[C@H](Cc1ccccc1)N(Cc1ccccc1C)C(=O)CN(c1ccccc1C)S(=O)(=O)c1ccc(Cl)cc1. The van der Waals surface area contributed by atoms with Crippen LogP contribution < -0.4 is 9.62 Å². The summed E-state index contributed by atoms with van der Waals surface area (Å²) in [5.41, 5.74) is 3.77. The molecule has 0 radical (unpaired) electrons. The van der Waals surface area contributed by atoms with Gasteiger partial charge in [0, 0.05) is 24.0 Å². The number of amides is 2. The van der Waals surface area contributed by atoms with Crippen LogP contribution in [0.3, 0.4) is 0 Å².